The van der Waals surface area contributed by atoms with Crippen molar-refractivity contribution in [2.75, 3.05) is 25.5 Å². The summed E-state index contributed by atoms with van der Waals surface area (Å²) in [5, 5.41) is 10.0. The van der Waals surface area contributed by atoms with Crippen molar-refractivity contribution in [3.63, 3.8) is 0 Å². The van der Waals surface area contributed by atoms with Crippen LogP contribution in [-0.4, -0.2) is 69.9 Å². The summed E-state index contributed by atoms with van der Waals surface area (Å²) in [5.41, 5.74) is 2.55. The number of hydrogen-bond donors (Lipinski definition) is 2. The van der Waals surface area contributed by atoms with Gasteiger partial charge in [-0.3, -0.25) is 34.1 Å². The number of hydrogen-bond acceptors (Lipinski definition) is 7. The molecule has 2 N–H and O–H groups in total. The van der Waals surface area contributed by atoms with Crippen molar-refractivity contribution in [2.45, 2.75) is 51.2 Å². The number of amides is 4. The van der Waals surface area contributed by atoms with Crippen LogP contribution in [-0.2, 0) is 20.9 Å². The molecule has 1 unspecified atom stereocenters. The van der Waals surface area contributed by atoms with Crippen molar-refractivity contribution >= 4 is 29.8 Å². The zero-order chi connectivity index (χ0) is 24.2. The van der Waals surface area contributed by atoms with Gasteiger partial charge in [0.15, 0.2) is 0 Å². The molecule has 180 valence electrons. The van der Waals surface area contributed by atoms with E-state index >= 15 is 0 Å². The molecule has 1 aromatic heterocycles. The van der Waals surface area contributed by atoms with Gasteiger partial charge in [-0.2, -0.15) is 5.10 Å². The van der Waals surface area contributed by atoms with Crippen molar-refractivity contribution in [1.82, 2.24) is 24.9 Å². The maximum Gasteiger partial charge on any atom is 0.263 e. The van der Waals surface area contributed by atoms with Crippen LogP contribution in [0.25, 0.3) is 0 Å². The van der Waals surface area contributed by atoms with Crippen LogP contribution in [0.1, 0.15) is 53.2 Å². The van der Waals surface area contributed by atoms with Crippen LogP contribution in [0.2, 0.25) is 0 Å². The minimum atomic E-state index is -1.01. The lowest BCUT2D eigenvalue weighted by atomic mass is 10.0. The first kappa shape index (κ1) is 23.6. The molecule has 3 heterocycles. The van der Waals surface area contributed by atoms with Crippen molar-refractivity contribution in [3.05, 3.63) is 47.3 Å². The third-order valence-electron chi connectivity index (χ3n) is 6.58. The van der Waals surface area contributed by atoms with E-state index in [2.05, 4.69) is 27.7 Å². The van der Waals surface area contributed by atoms with Crippen LogP contribution in [0.3, 0.4) is 0 Å². The molecule has 0 saturated carbocycles. The number of nitrogens with zero attached hydrogens (tertiary/aromatic N) is 4. The molecule has 2 aromatic rings. The standard InChI is InChI=1S/C24H30N6O4/c1-16-4-3-5-19(22(16)24(34)29(15-31)20-6-7-21(32)27-23(20)33)25-12-17-13-26-30(14-17)18-8-10-28(2)11-9-18/h3-5,13-15,18,20,25H,6-12H2,1-2H3,(H,27,32,33). The van der Waals surface area contributed by atoms with Crippen LogP contribution >= 0.6 is 0 Å². The first-order valence-corrected chi connectivity index (χ1v) is 11.5. The minimum absolute atomic E-state index is 0.0776. The number of aryl methyl sites for hydroxylation is 1. The lowest BCUT2D eigenvalue weighted by Crippen LogP contribution is -2.54. The fourth-order valence-corrected chi connectivity index (χ4v) is 4.56. The highest BCUT2D eigenvalue weighted by molar-refractivity contribution is 6.09. The third-order valence-corrected chi connectivity index (χ3v) is 6.58. The summed E-state index contributed by atoms with van der Waals surface area (Å²) in [6.07, 6.45) is 6.52. The zero-order valence-corrected chi connectivity index (χ0v) is 19.5. The predicted molar refractivity (Wildman–Crippen MR) is 125 cm³/mol. The molecule has 34 heavy (non-hydrogen) atoms. The average molecular weight is 467 g/mol. The van der Waals surface area contributed by atoms with Gasteiger partial charge in [0.05, 0.1) is 17.8 Å². The maximum atomic E-state index is 13.4. The molecule has 10 heteroatoms. The number of carbonyl (C=O) groups excluding carboxylic acids is 4. The Hall–Kier alpha value is -3.53. The van der Waals surface area contributed by atoms with E-state index in [1.54, 1.807) is 19.1 Å². The van der Waals surface area contributed by atoms with Gasteiger partial charge in [-0.25, -0.2) is 0 Å². The molecule has 4 amide bonds. The molecule has 0 bridgehead atoms. The Kier molecular flexibility index (Phi) is 7.06. The number of piperidine rings is 2. The van der Waals surface area contributed by atoms with Crippen molar-refractivity contribution in [3.8, 4) is 0 Å². The zero-order valence-electron chi connectivity index (χ0n) is 19.5. The summed E-state index contributed by atoms with van der Waals surface area (Å²) < 4.78 is 2.02. The molecule has 0 spiro atoms. The monoisotopic (exact) mass is 466 g/mol. The maximum absolute atomic E-state index is 13.4. The lowest BCUT2D eigenvalue weighted by Gasteiger charge is -2.29. The number of aromatic nitrogens is 2. The summed E-state index contributed by atoms with van der Waals surface area (Å²) >= 11 is 0. The van der Waals surface area contributed by atoms with Crippen LogP contribution in [0.4, 0.5) is 5.69 Å². The van der Waals surface area contributed by atoms with E-state index in [1.807, 2.05) is 23.1 Å². The molecule has 0 aliphatic carbocycles. The average Bonchev–Trinajstić information content (AvgIpc) is 3.29. The van der Waals surface area contributed by atoms with Crippen LogP contribution in [0, 0.1) is 6.92 Å². The molecule has 4 rings (SSSR count). The number of carbonyl (C=O) groups is 4. The van der Waals surface area contributed by atoms with E-state index in [4.69, 9.17) is 0 Å². The van der Waals surface area contributed by atoms with Gasteiger partial charge < -0.3 is 10.2 Å². The summed E-state index contributed by atoms with van der Waals surface area (Å²) in [7, 11) is 2.13. The van der Waals surface area contributed by atoms with Gasteiger partial charge in [0.1, 0.15) is 6.04 Å². The first-order chi connectivity index (χ1) is 16.4. The number of benzene rings is 1. The van der Waals surface area contributed by atoms with Crippen molar-refractivity contribution in [2.24, 2.45) is 0 Å². The highest BCUT2D eigenvalue weighted by Crippen LogP contribution is 2.25. The topological polar surface area (TPSA) is 117 Å². The fourth-order valence-electron chi connectivity index (χ4n) is 4.56. The molecular weight excluding hydrogens is 436 g/mol. The minimum Gasteiger partial charge on any atom is -0.380 e. The van der Waals surface area contributed by atoms with Crippen LogP contribution in [0.5, 0.6) is 0 Å². The number of nitrogens with one attached hydrogen (secondary N) is 2. The molecule has 10 nitrogen and oxygen atoms in total. The van der Waals surface area contributed by atoms with Crippen LogP contribution < -0.4 is 10.6 Å². The number of anilines is 1. The lowest BCUT2D eigenvalue weighted by molar-refractivity contribution is -0.139. The summed E-state index contributed by atoms with van der Waals surface area (Å²) in [4.78, 5) is 52.1. The van der Waals surface area contributed by atoms with E-state index in [0.29, 0.717) is 35.8 Å². The number of likely N-dealkylation sites (tertiary alicyclic amines) is 1. The molecular formula is C24H30N6O4. The Morgan fingerprint density at radius 2 is 2.03 bits per heavy atom. The van der Waals surface area contributed by atoms with Gasteiger partial charge in [0.25, 0.3) is 5.91 Å². The smallest absolute Gasteiger partial charge is 0.263 e. The number of imide groups is 2. The summed E-state index contributed by atoms with van der Waals surface area (Å²) in [5.74, 6) is -1.62. The van der Waals surface area contributed by atoms with Crippen LogP contribution in [0.15, 0.2) is 30.6 Å². The molecule has 2 fully saturated rings. The molecule has 2 saturated heterocycles. The van der Waals surface area contributed by atoms with Gasteiger partial charge in [-0.1, -0.05) is 12.1 Å². The second kappa shape index (κ2) is 10.2. The Balaban J connectivity index is 1.49. The largest absolute Gasteiger partial charge is 0.380 e. The Morgan fingerprint density at radius 1 is 1.26 bits per heavy atom. The summed E-state index contributed by atoms with van der Waals surface area (Å²) in [6.45, 7) is 4.33. The van der Waals surface area contributed by atoms with Gasteiger partial charge in [0.2, 0.25) is 18.2 Å². The van der Waals surface area contributed by atoms with Gasteiger partial charge in [0, 0.05) is 30.4 Å². The second-order valence-corrected chi connectivity index (χ2v) is 9.00. The Bertz CT molecular complexity index is 1090. The van der Waals surface area contributed by atoms with E-state index < -0.39 is 23.8 Å². The van der Waals surface area contributed by atoms with E-state index in [1.165, 1.54) is 0 Å². The molecule has 0 radical (unpaired) electrons. The normalized spacial score (nSPS) is 19.5. The highest BCUT2D eigenvalue weighted by Gasteiger charge is 2.36. The van der Waals surface area contributed by atoms with Gasteiger partial charge in [-0.15, -0.1) is 0 Å². The quantitative estimate of drug-likeness (QED) is 0.469. The predicted octanol–water partition coefficient (Wildman–Crippen LogP) is 1.47. The highest BCUT2D eigenvalue weighted by atomic mass is 16.2. The molecule has 1 atom stereocenters. The molecule has 2 aliphatic rings. The summed E-state index contributed by atoms with van der Waals surface area (Å²) in [6, 6.07) is 4.76. The Labute approximate surface area is 198 Å². The van der Waals surface area contributed by atoms with E-state index in [-0.39, 0.29) is 12.8 Å². The Morgan fingerprint density at radius 3 is 2.74 bits per heavy atom. The number of rotatable bonds is 7. The third kappa shape index (κ3) is 5.01. The van der Waals surface area contributed by atoms with E-state index in [9.17, 15) is 19.2 Å². The van der Waals surface area contributed by atoms with E-state index in [0.717, 1.165) is 36.4 Å². The molecule has 2 aliphatic heterocycles. The van der Waals surface area contributed by atoms with Crippen molar-refractivity contribution in [1.29, 1.82) is 0 Å². The fraction of sp³-hybridized carbons (Fsp3) is 0.458. The first-order valence-electron chi connectivity index (χ1n) is 11.5. The molecule has 1 aromatic carbocycles. The van der Waals surface area contributed by atoms with Gasteiger partial charge >= 0.3 is 0 Å². The van der Waals surface area contributed by atoms with Crippen molar-refractivity contribution < 1.29 is 19.2 Å². The second-order valence-electron chi connectivity index (χ2n) is 9.00. The SMILES string of the molecule is Cc1cccc(NCc2cnn(C3CCN(C)CC3)c2)c1C(=O)N(C=O)C1CCC(=O)NC1=O. The van der Waals surface area contributed by atoms with Gasteiger partial charge in [-0.05, 0) is 58.0 Å².